The number of carbonyl (C=O) groups is 1. The normalized spacial score (nSPS) is 12.5. The van der Waals surface area contributed by atoms with E-state index in [2.05, 4.69) is 4.98 Å². The monoisotopic (exact) mass is 496 g/mol. The predicted molar refractivity (Wildman–Crippen MR) is 133 cm³/mol. The molecule has 2 aromatic heterocycles. The van der Waals surface area contributed by atoms with Gasteiger partial charge in [0.25, 0.3) is 0 Å². The smallest absolute Gasteiger partial charge is 0.340 e. The van der Waals surface area contributed by atoms with Crippen molar-refractivity contribution in [1.29, 1.82) is 0 Å². The average molecular weight is 497 g/mol. The molecule has 2 aromatic carbocycles. The maximum atomic E-state index is 13.4. The summed E-state index contributed by atoms with van der Waals surface area (Å²) in [5.41, 5.74) is 7.19. The number of benzene rings is 2. The highest BCUT2D eigenvalue weighted by atomic mass is 35.5. The number of hydrogen-bond donors (Lipinski definition) is 2. The number of aromatic nitrogens is 3. The van der Waals surface area contributed by atoms with Crippen molar-refractivity contribution in [3.63, 3.8) is 0 Å². The second kappa shape index (κ2) is 9.44. The zero-order valence-electron chi connectivity index (χ0n) is 19.4. The molecule has 0 aliphatic carbocycles. The molecular weight excluding hydrogens is 472 g/mol. The summed E-state index contributed by atoms with van der Waals surface area (Å²) in [6, 6.07) is 14.7. The Kier molecular flexibility index (Phi) is 6.56. The molecular formula is C25H25ClN4O5. The number of nitrogens with two attached hydrogens (primary N) is 1. The first-order valence-electron chi connectivity index (χ1n) is 10.8. The van der Waals surface area contributed by atoms with Gasteiger partial charge in [0.2, 0.25) is 0 Å². The fourth-order valence-corrected chi connectivity index (χ4v) is 3.76. The van der Waals surface area contributed by atoms with E-state index in [0.717, 1.165) is 5.56 Å². The lowest BCUT2D eigenvalue weighted by Gasteiger charge is -2.28. The Balaban J connectivity index is 1.69. The summed E-state index contributed by atoms with van der Waals surface area (Å²) in [7, 11) is 1.48. The summed E-state index contributed by atoms with van der Waals surface area (Å²) < 4.78 is 14.2. The van der Waals surface area contributed by atoms with E-state index in [1.165, 1.54) is 22.4 Å². The molecule has 9 nitrogen and oxygen atoms in total. The van der Waals surface area contributed by atoms with Crippen LogP contribution in [0.15, 0.2) is 65.7 Å². The Labute approximate surface area is 206 Å². The van der Waals surface area contributed by atoms with Gasteiger partial charge in [-0.25, -0.2) is 14.2 Å². The molecule has 0 spiro atoms. The van der Waals surface area contributed by atoms with Gasteiger partial charge in [-0.2, -0.15) is 0 Å². The van der Waals surface area contributed by atoms with Crippen LogP contribution in [0.2, 0.25) is 5.02 Å². The van der Waals surface area contributed by atoms with Crippen LogP contribution in [0.4, 0.5) is 0 Å². The van der Waals surface area contributed by atoms with Gasteiger partial charge in [-0.15, -0.1) is 0 Å². The molecule has 35 heavy (non-hydrogen) atoms. The number of ether oxygens (including phenoxy) is 2. The summed E-state index contributed by atoms with van der Waals surface area (Å²) in [5, 5.41) is 9.82. The Morgan fingerprint density at radius 3 is 2.51 bits per heavy atom. The zero-order valence-corrected chi connectivity index (χ0v) is 20.2. The third-order valence-electron chi connectivity index (χ3n) is 5.84. The fourth-order valence-electron chi connectivity index (χ4n) is 3.64. The number of carboxylic acid groups (broad SMARTS) is 1. The van der Waals surface area contributed by atoms with Crippen molar-refractivity contribution < 1.29 is 19.4 Å². The molecule has 0 amide bonds. The highest BCUT2D eigenvalue weighted by Gasteiger charge is 2.33. The van der Waals surface area contributed by atoms with Crippen molar-refractivity contribution in [3.05, 3.63) is 76.4 Å². The van der Waals surface area contributed by atoms with Crippen LogP contribution in [0.3, 0.4) is 0 Å². The first-order chi connectivity index (χ1) is 16.6. The van der Waals surface area contributed by atoms with Gasteiger partial charge < -0.3 is 20.3 Å². The quantitative estimate of drug-likeness (QED) is 0.382. The van der Waals surface area contributed by atoms with E-state index < -0.39 is 17.4 Å². The molecule has 182 valence electrons. The second-order valence-electron chi connectivity index (χ2n) is 8.74. The highest BCUT2D eigenvalue weighted by Crippen LogP contribution is 2.31. The van der Waals surface area contributed by atoms with Gasteiger partial charge in [0.05, 0.1) is 25.1 Å². The van der Waals surface area contributed by atoms with Gasteiger partial charge in [0.15, 0.2) is 11.5 Å². The summed E-state index contributed by atoms with van der Waals surface area (Å²) in [6.07, 6.45) is 1.45. The number of hydrogen-bond acceptors (Lipinski definition) is 6. The maximum absolute atomic E-state index is 13.4. The van der Waals surface area contributed by atoms with Crippen molar-refractivity contribution in [1.82, 2.24) is 14.0 Å². The summed E-state index contributed by atoms with van der Waals surface area (Å²) in [4.78, 5) is 29.1. The molecule has 0 saturated carbocycles. The van der Waals surface area contributed by atoms with Crippen molar-refractivity contribution in [2.24, 2.45) is 11.1 Å². The van der Waals surface area contributed by atoms with Gasteiger partial charge in [0, 0.05) is 16.5 Å². The summed E-state index contributed by atoms with van der Waals surface area (Å²) >= 11 is 6.01. The number of rotatable bonds is 8. The van der Waals surface area contributed by atoms with Crippen molar-refractivity contribution >= 4 is 23.2 Å². The van der Waals surface area contributed by atoms with Gasteiger partial charge in [-0.1, -0.05) is 37.6 Å². The highest BCUT2D eigenvalue weighted by molar-refractivity contribution is 6.30. The largest absolute Gasteiger partial charge is 0.493 e. The van der Waals surface area contributed by atoms with Crippen molar-refractivity contribution in [2.75, 3.05) is 13.7 Å². The van der Waals surface area contributed by atoms with Crippen molar-refractivity contribution in [3.8, 4) is 28.4 Å². The van der Waals surface area contributed by atoms with Gasteiger partial charge in [0.1, 0.15) is 18.0 Å². The van der Waals surface area contributed by atoms with Crippen molar-refractivity contribution in [2.45, 2.75) is 19.9 Å². The molecule has 4 aromatic rings. The molecule has 1 unspecified atom stereocenters. The van der Waals surface area contributed by atoms with Gasteiger partial charge in [-0.05, 0) is 42.0 Å². The van der Waals surface area contributed by atoms with Crippen LogP contribution in [0.25, 0.3) is 22.6 Å². The Bertz CT molecular complexity index is 1440. The van der Waals surface area contributed by atoms with Crippen LogP contribution >= 0.6 is 11.6 Å². The van der Waals surface area contributed by atoms with Crippen LogP contribution in [-0.2, 0) is 4.79 Å². The lowest BCUT2D eigenvalue weighted by molar-refractivity contribution is -0.141. The summed E-state index contributed by atoms with van der Waals surface area (Å²) in [5.74, 6) is -0.336. The van der Waals surface area contributed by atoms with Crippen LogP contribution in [-0.4, -0.2) is 44.8 Å². The number of methoxy groups -OCH3 is 1. The fraction of sp³-hybridized carbons (Fsp3) is 0.240. The van der Waals surface area contributed by atoms with Crippen LogP contribution in [0.5, 0.6) is 11.5 Å². The number of carboxylic acids is 1. The molecule has 0 aliphatic rings. The van der Waals surface area contributed by atoms with Crippen LogP contribution in [0, 0.1) is 5.41 Å². The molecule has 0 radical (unpaired) electrons. The minimum atomic E-state index is -1.11. The lowest BCUT2D eigenvalue weighted by Crippen LogP contribution is -2.47. The maximum Gasteiger partial charge on any atom is 0.340 e. The topological polar surface area (TPSA) is 121 Å². The first kappa shape index (κ1) is 24.3. The average Bonchev–Trinajstić information content (AvgIpc) is 3.28. The molecule has 0 bridgehead atoms. The molecule has 0 aliphatic heterocycles. The van der Waals surface area contributed by atoms with E-state index in [9.17, 15) is 14.7 Å². The number of halogens is 1. The molecule has 4 rings (SSSR count). The molecule has 1 atom stereocenters. The molecule has 2 heterocycles. The van der Waals surface area contributed by atoms with Gasteiger partial charge >= 0.3 is 11.7 Å². The third kappa shape index (κ3) is 4.73. The van der Waals surface area contributed by atoms with E-state index in [4.69, 9.17) is 26.8 Å². The minimum absolute atomic E-state index is 0.0530. The number of aliphatic carboxylic acids is 1. The number of nitrogens with zero attached hydrogens (tertiary/aromatic N) is 3. The number of fused-ring (bicyclic) bond motifs is 1. The Morgan fingerprint density at radius 2 is 1.86 bits per heavy atom. The van der Waals surface area contributed by atoms with Crippen LogP contribution in [0.1, 0.15) is 13.8 Å². The molecule has 0 saturated heterocycles. The van der Waals surface area contributed by atoms with E-state index in [0.29, 0.717) is 33.6 Å². The minimum Gasteiger partial charge on any atom is -0.493 e. The molecule has 3 N–H and O–H groups in total. The SMILES string of the molecule is COc1cc(-n2cnc3ccc(-c4ccc(Cl)cc4)n3c2=O)ccc1OCC(C)(C)C(N)C(=O)O. The predicted octanol–water partition coefficient (Wildman–Crippen LogP) is 3.63. The van der Waals surface area contributed by atoms with E-state index in [1.807, 2.05) is 18.2 Å². The zero-order chi connectivity index (χ0) is 25.3. The second-order valence-corrected chi connectivity index (χ2v) is 9.18. The first-order valence-corrected chi connectivity index (χ1v) is 11.1. The van der Waals surface area contributed by atoms with Gasteiger partial charge in [-0.3, -0.25) is 9.36 Å². The van der Waals surface area contributed by atoms with Crippen LogP contribution < -0.4 is 20.9 Å². The molecule has 0 fully saturated rings. The van der Waals surface area contributed by atoms with E-state index in [1.54, 1.807) is 50.2 Å². The standard InChI is InChI=1S/C25H25ClN4O5/c1-25(2,22(27)23(31)32)13-35-19-10-8-17(12-20(19)34-3)29-14-28-21-11-9-18(30(21)24(29)33)15-4-6-16(26)7-5-15/h4-12,14,22H,13,27H2,1-3H3,(H,31,32). The molecule has 10 heteroatoms. The third-order valence-corrected chi connectivity index (χ3v) is 6.09. The summed E-state index contributed by atoms with van der Waals surface area (Å²) in [6.45, 7) is 3.47. The van der Waals surface area contributed by atoms with E-state index >= 15 is 0 Å². The lowest BCUT2D eigenvalue weighted by atomic mass is 9.86. The Hall–Kier alpha value is -3.82. The Morgan fingerprint density at radius 1 is 1.14 bits per heavy atom. The van der Waals surface area contributed by atoms with E-state index in [-0.39, 0.29) is 12.3 Å².